The van der Waals surface area contributed by atoms with Crippen LogP contribution in [0.3, 0.4) is 0 Å². The Morgan fingerprint density at radius 2 is 2.10 bits per heavy atom. The van der Waals surface area contributed by atoms with Crippen LogP contribution in [0.2, 0.25) is 0 Å². The number of halogens is 1. The Morgan fingerprint density at radius 3 is 2.67 bits per heavy atom. The number of ether oxygens (including phenoxy) is 3. The van der Waals surface area contributed by atoms with Crippen molar-refractivity contribution in [2.45, 2.75) is 38.5 Å². The highest BCUT2D eigenvalue weighted by Crippen LogP contribution is 2.37. The molecule has 162 valence electrons. The van der Waals surface area contributed by atoms with E-state index in [-0.39, 0.29) is 18.1 Å². The van der Waals surface area contributed by atoms with E-state index in [1.165, 1.54) is 13.3 Å². The Hall–Kier alpha value is -3.44. The van der Waals surface area contributed by atoms with Crippen molar-refractivity contribution in [3.05, 3.63) is 17.6 Å². The van der Waals surface area contributed by atoms with Gasteiger partial charge in [-0.2, -0.15) is 4.79 Å². The number of aromatic nitrogens is 2. The molecule has 1 aliphatic rings. The number of alkyl halides is 1. The monoisotopic (exact) mass is 424 g/mol. The van der Waals surface area contributed by atoms with E-state index in [1.807, 2.05) is 0 Å². The third-order valence-electron chi connectivity index (χ3n) is 3.88. The van der Waals surface area contributed by atoms with Crippen molar-refractivity contribution >= 4 is 36.1 Å². The van der Waals surface area contributed by atoms with E-state index >= 15 is 4.39 Å². The number of rotatable bonds is 8. The Kier molecular flexibility index (Phi) is 7.50. The molecular weight excluding hydrogens is 403 g/mol. The van der Waals surface area contributed by atoms with Gasteiger partial charge in [0.05, 0.1) is 12.7 Å². The summed E-state index contributed by atoms with van der Waals surface area (Å²) in [4.78, 5) is 46.9. The highest BCUT2D eigenvalue weighted by Gasteiger charge is 2.49. The van der Waals surface area contributed by atoms with Gasteiger partial charge in [0.15, 0.2) is 30.0 Å². The molecule has 4 atom stereocenters. The zero-order valence-corrected chi connectivity index (χ0v) is 16.8. The van der Waals surface area contributed by atoms with Crippen LogP contribution in [0.1, 0.15) is 30.6 Å². The molecule has 1 aliphatic heterocycles. The first-order chi connectivity index (χ1) is 14.1. The maximum Gasteiger partial charge on any atom is 0.329 e. The first kappa shape index (κ1) is 22.8. The number of aliphatic imine (C=N–C) groups is 1. The number of imidazole rings is 1. The van der Waals surface area contributed by atoms with Crippen LogP contribution in [0.4, 0.5) is 10.2 Å². The SMILES string of the molecule is CC(=O)OC[C@H]1O[C@@H](n2cnc(C(=O)C=[N+]=[N-])c2/N=C/N(C)C)[C@H](F)[C@@H]1OC(C)=O. The van der Waals surface area contributed by atoms with Crippen molar-refractivity contribution in [3.8, 4) is 0 Å². The van der Waals surface area contributed by atoms with Gasteiger partial charge < -0.3 is 24.6 Å². The quantitative estimate of drug-likeness (QED) is 0.145. The van der Waals surface area contributed by atoms with Gasteiger partial charge in [0.1, 0.15) is 12.7 Å². The fourth-order valence-corrected chi connectivity index (χ4v) is 2.71. The molecule has 1 fully saturated rings. The molecule has 0 aliphatic carbocycles. The predicted molar refractivity (Wildman–Crippen MR) is 99.1 cm³/mol. The first-order valence-electron chi connectivity index (χ1n) is 8.75. The van der Waals surface area contributed by atoms with Crippen molar-refractivity contribution in [2.75, 3.05) is 20.7 Å². The fraction of sp³-hybridized carbons (Fsp3) is 0.529. The topological polar surface area (TPSA) is 149 Å². The van der Waals surface area contributed by atoms with Crippen LogP contribution in [0.25, 0.3) is 5.53 Å². The number of hydrogen-bond donors (Lipinski definition) is 0. The van der Waals surface area contributed by atoms with Crippen LogP contribution >= 0.6 is 0 Å². The van der Waals surface area contributed by atoms with Crippen LogP contribution < -0.4 is 0 Å². The minimum Gasteiger partial charge on any atom is -0.463 e. The number of carbonyl (C=O) groups excluding carboxylic acids is 3. The van der Waals surface area contributed by atoms with Gasteiger partial charge in [0.2, 0.25) is 0 Å². The molecule has 0 N–H and O–H groups in total. The van der Waals surface area contributed by atoms with Crippen molar-refractivity contribution < 1.29 is 37.8 Å². The van der Waals surface area contributed by atoms with Crippen molar-refractivity contribution in [1.29, 1.82) is 0 Å². The molecule has 0 radical (unpaired) electrons. The standard InChI is InChI=1S/C17H21FN6O6/c1-9(25)28-6-12-15(29-10(2)26)13(18)17(30-12)24-8-20-14(11(27)5-22-19)16(24)21-7-23(3)4/h5,7-8,12-13,15,17H,6H2,1-4H3/b21-7+/t12-,13-,15-,17-/m1/s1. The molecule has 0 spiro atoms. The van der Waals surface area contributed by atoms with E-state index in [2.05, 4.69) is 14.8 Å². The number of hydrogen-bond acceptors (Lipinski definition) is 8. The molecule has 0 aromatic carbocycles. The summed E-state index contributed by atoms with van der Waals surface area (Å²) in [6, 6.07) is 0. The van der Waals surface area contributed by atoms with E-state index in [0.717, 1.165) is 17.8 Å². The van der Waals surface area contributed by atoms with E-state index in [9.17, 15) is 14.4 Å². The normalized spacial score (nSPS) is 23.1. The van der Waals surface area contributed by atoms with E-state index < -0.39 is 42.3 Å². The zero-order chi connectivity index (χ0) is 22.4. The van der Waals surface area contributed by atoms with Gasteiger partial charge in [-0.15, -0.1) is 0 Å². The lowest BCUT2D eigenvalue weighted by Crippen LogP contribution is -2.36. The van der Waals surface area contributed by atoms with Crippen LogP contribution in [0.5, 0.6) is 0 Å². The van der Waals surface area contributed by atoms with E-state index in [0.29, 0.717) is 6.21 Å². The van der Waals surface area contributed by atoms with Gasteiger partial charge in [0, 0.05) is 27.9 Å². The number of ketones is 1. The van der Waals surface area contributed by atoms with Crippen molar-refractivity contribution in [1.82, 2.24) is 14.5 Å². The zero-order valence-electron chi connectivity index (χ0n) is 16.8. The summed E-state index contributed by atoms with van der Waals surface area (Å²) in [5, 5.41) is 0. The molecule has 30 heavy (non-hydrogen) atoms. The lowest BCUT2D eigenvalue weighted by atomic mass is 10.1. The second-order valence-electron chi connectivity index (χ2n) is 6.53. The van der Waals surface area contributed by atoms with Gasteiger partial charge in [-0.1, -0.05) is 0 Å². The van der Waals surface area contributed by atoms with E-state index in [4.69, 9.17) is 19.7 Å². The third kappa shape index (κ3) is 5.33. The number of nitrogens with zero attached hydrogens (tertiary/aromatic N) is 6. The molecule has 0 bridgehead atoms. The van der Waals surface area contributed by atoms with Crippen LogP contribution in [-0.4, -0.2) is 88.6 Å². The summed E-state index contributed by atoms with van der Waals surface area (Å²) in [6.07, 6.45) is -2.63. The van der Waals surface area contributed by atoms with Gasteiger partial charge in [-0.05, 0) is 0 Å². The van der Waals surface area contributed by atoms with Gasteiger partial charge in [-0.3, -0.25) is 19.0 Å². The molecule has 0 amide bonds. The van der Waals surface area contributed by atoms with E-state index in [1.54, 1.807) is 19.0 Å². The predicted octanol–water partition coefficient (Wildman–Crippen LogP) is 0.318. The van der Waals surface area contributed by atoms with Crippen molar-refractivity contribution in [2.24, 2.45) is 4.99 Å². The average molecular weight is 424 g/mol. The maximum atomic E-state index is 15.2. The Morgan fingerprint density at radius 1 is 1.40 bits per heavy atom. The van der Waals surface area contributed by atoms with Crippen molar-refractivity contribution in [3.63, 3.8) is 0 Å². The Labute approximate surface area is 170 Å². The molecule has 2 rings (SSSR count). The average Bonchev–Trinajstić information content (AvgIpc) is 3.20. The van der Waals surface area contributed by atoms with Gasteiger partial charge in [-0.25, -0.2) is 14.4 Å². The molecule has 1 aromatic rings. The molecule has 1 saturated heterocycles. The van der Waals surface area contributed by atoms with Gasteiger partial charge in [0.25, 0.3) is 5.78 Å². The second-order valence-corrected chi connectivity index (χ2v) is 6.53. The third-order valence-corrected chi connectivity index (χ3v) is 3.88. The van der Waals surface area contributed by atoms with Crippen LogP contribution in [0, 0.1) is 0 Å². The summed E-state index contributed by atoms with van der Waals surface area (Å²) in [6.45, 7) is 1.93. The minimum absolute atomic E-state index is 0.0732. The largest absolute Gasteiger partial charge is 0.463 e. The van der Waals surface area contributed by atoms with Crippen LogP contribution in [0.15, 0.2) is 11.3 Å². The summed E-state index contributed by atoms with van der Waals surface area (Å²) < 4.78 is 31.9. The lowest BCUT2D eigenvalue weighted by Gasteiger charge is -2.18. The Balaban J connectivity index is 2.45. The minimum atomic E-state index is -1.88. The summed E-state index contributed by atoms with van der Waals surface area (Å²) in [5.41, 5.74) is 8.40. The number of esters is 2. The molecule has 1 aromatic heterocycles. The smallest absolute Gasteiger partial charge is 0.329 e. The lowest BCUT2D eigenvalue weighted by molar-refractivity contribution is -0.156. The van der Waals surface area contributed by atoms with Crippen LogP contribution in [-0.2, 0) is 23.8 Å². The molecule has 0 saturated carbocycles. The molecule has 2 heterocycles. The highest BCUT2D eigenvalue weighted by molar-refractivity contribution is 6.34. The molecule has 0 unspecified atom stereocenters. The molecular formula is C17H21FN6O6. The number of carbonyl (C=O) groups is 3. The summed E-state index contributed by atoms with van der Waals surface area (Å²) >= 11 is 0. The number of Topliss-reactive ketones (excluding diaryl/α,β-unsaturated/α-hetero) is 1. The fourth-order valence-electron chi connectivity index (χ4n) is 2.71. The Bertz CT molecular complexity index is 893. The maximum absolute atomic E-state index is 15.2. The summed E-state index contributed by atoms with van der Waals surface area (Å²) in [7, 11) is 3.35. The second kappa shape index (κ2) is 9.85. The molecule has 13 heteroatoms. The highest BCUT2D eigenvalue weighted by atomic mass is 19.1. The molecule has 12 nitrogen and oxygen atoms in total. The summed E-state index contributed by atoms with van der Waals surface area (Å²) in [5.74, 6) is -2.21. The first-order valence-corrected chi connectivity index (χ1v) is 8.75. The van der Waals surface area contributed by atoms with Gasteiger partial charge >= 0.3 is 18.2 Å².